The summed E-state index contributed by atoms with van der Waals surface area (Å²) in [6, 6.07) is 14.3. The number of aromatic nitrogens is 2. The molecule has 1 aliphatic heterocycles. The number of amides is 1. The van der Waals surface area contributed by atoms with E-state index in [-0.39, 0.29) is 5.91 Å². The van der Waals surface area contributed by atoms with Gasteiger partial charge in [-0.2, -0.15) is 0 Å². The molecule has 1 aromatic heterocycles. The van der Waals surface area contributed by atoms with Crippen LogP contribution in [0, 0.1) is 0 Å². The van der Waals surface area contributed by atoms with E-state index in [0.29, 0.717) is 19.4 Å². The molecule has 0 aliphatic carbocycles. The first-order valence-electron chi connectivity index (χ1n) is 9.68. The molecule has 6 nitrogen and oxygen atoms in total. The SMILES string of the molecule is COc1ccc2nc(CCN(C)C(=O)CCN3Cc4ccccc4C3)[nH]c2c1. The third kappa shape index (κ3) is 4.02. The largest absolute Gasteiger partial charge is 0.497 e. The summed E-state index contributed by atoms with van der Waals surface area (Å²) in [5.41, 5.74) is 4.63. The van der Waals surface area contributed by atoms with Crippen molar-refractivity contribution in [3.05, 3.63) is 59.4 Å². The molecule has 2 heterocycles. The Morgan fingerprint density at radius 2 is 1.96 bits per heavy atom. The normalized spacial score (nSPS) is 13.6. The number of H-pyrrole nitrogens is 1. The molecule has 0 fully saturated rings. The number of nitrogens with one attached hydrogen (secondary N) is 1. The van der Waals surface area contributed by atoms with Crippen molar-refractivity contribution in [3.8, 4) is 5.75 Å². The van der Waals surface area contributed by atoms with Crippen molar-refractivity contribution in [2.24, 2.45) is 0 Å². The van der Waals surface area contributed by atoms with Gasteiger partial charge in [-0.05, 0) is 23.3 Å². The van der Waals surface area contributed by atoms with Crippen LogP contribution in [0.25, 0.3) is 11.0 Å². The first kappa shape index (κ1) is 18.5. The Morgan fingerprint density at radius 3 is 2.68 bits per heavy atom. The van der Waals surface area contributed by atoms with Crippen LogP contribution < -0.4 is 4.74 Å². The number of nitrogens with zero attached hydrogens (tertiary/aromatic N) is 3. The molecule has 3 aromatic rings. The van der Waals surface area contributed by atoms with E-state index in [1.165, 1.54) is 11.1 Å². The molecule has 1 aliphatic rings. The molecule has 0 saturated heterocycles. The molecule has 4 rings (SSSR count). The summed E-state index contributed by atoms with van der Waals surface area (Å²) >= 11 is 0. The van der Waals surface area contributed by atoms with Crippen molar-refractivity contribution in [2.45, 2.75) is 25.9 Å². The zero-order valence-corrected chi connectivity index (χ0v) is 16.4. The Balaban J connectivity index is 1.26. The molecule has 1 amide bonds. The van der Waals surface area contributed by atoms with E-state index in [1.807, 2.05) is 25.2 Å². The Labute approximate surface area is 165 Å². The van der Waals surface area contributed by atoms with Gasteiger partial charge in [0.25, 0.3) is 0 Å². The van der Waals surface area contributed by atoms with E-state index in [0.717, 1.165) is 42.2 Å². The Kier molecular flexibility index (Phi) is 5.30. The van der Waals surface area contributed by atoms with Crippen molar-refractivity contribution >= 4 is 16.9 Å². The maximum atomic E-state index is 12.5. The Morgan fingerprint density at radius 1 is 1.21 bits per heavy atom. The van der Waals surface area contributed by atoms with Gasteiger partial charge in [0.05, 0.1) is 18.1 Å². The number of hydrogen-bond donors (Lipinski definition) is 1. The number of methoxy groups -OCH3 is 1. The van der Waals surface area contributed by atoms with E-state index >= 15 is 0 Å². The van der Waals surface area contributed by atoms with Crippen LogP contribution >= 0.6 is 0 Å². The molecule has 146 valence electrons. The maximum absolute atomic E-state index is 12.5. The lowest BCUT2D eigenvalue weighted by Crippen LogP contribution is -2.32. The summed E-state index contributed by atoms with van der Waals surface area (Å²) in [6.45, 7) is 3.32. The summed E-state index contributed by atoms with van der Waals surface area (Å²) in [7, 11) is 3.52. The molecule has 0 radical (unpaired) electrons. The molecule has 0 unspecified atom stereocenters. The molecule has 6 heteroatoms. The van der Waals surface area contributed by atoms with Gasteiger partial charge in [-0.15, -0.1) is 0 Å². The number of carbonyl (C=O) groups is 1. The van der Waals surface area contributed by atoms with Crippen LogP contribution in [0.15, 0.2) is 42.5 Å². The minimum absolute atomic E-state index is 0.175. The summed E-state index contributed by atoms with van der Waals surface area (Å²) in [5.74, 6) is 1.87. The predicted octanol–water partition coefficient (Wildman–Crippen LogP) is 2.98. The smallest absolute Gasteiger partial charge is 0.223 e. The third-order valence-corrected chi connectivity index (χ3v) is 5.40. The summed E-state index contributed by atoms with van der Waals surface area (Å²) < 4.78 is 5.25. The quantitative estimate of drug-likeness (QED) is 0.687. The van der Waals surface area contributed by atoms with Crippen LogP contribution in [0.4, 0.5) is 0 Å². The fraction of sp³-hybridized carbons (Fsp3) is 0.364. The third-order valence-electron chi connectivity index (χ3n) is 5.40. The molecule has 1 N–H and O–H groups in total. The number of hydrogen-bond acceptors (Lipinski definition) is 4. The van der Waals surface area contributed by atoms with Crippen molar-refractivity contribution < 1.29 is 9.53 Å². The molecule has 0 spiro atoms. The van der Waals surface area contributed by atoms with Gasteiger partial charge in [-0.1, -0.05) is 24.3 Å². The standard InChI is InChI=1S/C22H26N4O2/c1-25(11-9-21-23-19-8-7-18(28-2)13-20(19)24-21)22(27)10-12-26-14-16-5-3-4-6-17(16)15-26/h3-8,13H,9-12,14-15H2,1-2H3,(H,23,24). The number of rotatable bonds is 7. The minimum atomic E-state index is 0.175. The highest BCUT2D eigenvalue weighted by Crippen LogP contribution is 2.22. The van der Waals surface area contributed by atoms with Gasteiger partial charge in [0, 0.05) is 52.1 Å². The van der Waals surface area contributed by atoms with Crippen LogP contribution in [-0.2, 0) is 24.3 Å². The van der Waals surface area contributed by atoms with Gasteiger partial charge in [0.15, 0.2) is 0 Å². The van der Waals surface area contributed by atoms with E-state index in [9.17, 15) is 4.79 Å². The average Bonchev–Trinajstić information content (AvgIpc) is 3.32. The monoisotopic (exact) mass is 378 g/mol. The van der Waals surface area contributed by atoms with E-state index < -0.39 is 0 Å². The highest BCUT2D eigenvalue weighted by atomic mass is 16.5. The average molecular weight is 378 g/mol. The van der Waals surface area contributed by atoms with Gasteiger partial charge >= 0.3 is 0 Å². The highest BCUT2D eigenvalue weighted by Gasteiger charge is 2.19. The number of carbonyl (C=O) groups excluding carboxylic acids is 1. The lowest BCUT2D eigenvalue weighted by Gasteiger charge is -2.19. The Bertz CT molecular complexity index is 957. The van der Waals surface area contributed by atoms with Gasteiger partial charge in [-0.25, -0.2) is 4.98 Å². The van der Waals surface area contributed by atoms with Gasteiger partial charge in [0.2, 0.25) is 5.91 Å². The molecular weight excluding hydrogens is 352 g/mol. The highest BCUT2D eigenvalue weighted by molar-refractivity contribution is 5.77. The molecule has 0 atom stereocenters. The van der Waals surface area contributed by atoms with Gasteiger partial charge in [0.1, 0.15) is 11.6 Å². The fourth-order valence-corrected chi connectivity index (χ4v) is 3.69. The lowest BCUT2D eigenvalue weighted by atomic mass is 10.1. The number of fused-ring (bicyclic) bond motifs is 2. The number of imidazole rings is 1. The first-order valence-corrected chi connectivity index (χ1v) is 9.68. The second-order valence-electron chi connectivity index (χ2n) is 7.36. The van der Waals surface area contributed by atoms with Crippen molar-refractivity contribution in [2.75, 3.05) is 27.2 Å². The number of aromatic amines is 1. The second kappa shape index (κ2) is 8.02. The van der Waals surface area contributed by atoms with Crippen molar-refractivity contribution in [1.82, 2.24) is 19.8 Å². The van der Waals surface area contributed by atoms with E-state index in [4.69, 9.17) is 4.74 Å². The zero-order chi connectivity index (χ0) is 19.5. The molecule has 28 heavy (non-hydrogen) atoms. The lowest BCUT2D eigenvalue weighted by molar-refractivity contribution is -0.130. The maximum Gasteiger partial charge on any atom is 0.223 e. The molecule has 2 aromatic carbocycles. The summed E-state index contributed by atoms with van der Waals surface area (Å²) in [4.78, 5) is 24.5. The van der Waals surface area contributed by atoms with Crippen LogP contribution in [0.2, 0.25) is 0 Å². The molecule has 0 saturated carbocycles. The summed E-state index contributed by atoms with van der Waals surface area (Å²) in [5, 5.41) is 0. The number of likely N-dealkylation sites (N-methyl/N-ethyl adjacent to an activating group) is 1. The summed E-state index contributed by atoms with van der Waals surface area (Å²) in [6.07, 6.45) is 1.25. The van der Waals surface area contributed by atoms with Crippen LogP contribution in [0.1, 0.15) is 23.4 Å². The minimum Gasteiger partial charge on any atom is -0.497 e. The van der Waals surface area contributed by atoms with Gasteiger partial charge in [-0.3, -0.25) is 9.69 Å². The second-order valence-corrected chi connectivity index (χ2v) is 7.36. The topological polar surface area (TPSA) is 61.5 Å². The fourth-order valence-electron chi connectivity index (χ4n) is 3.69. The van der Waals surface area contributed by atoms with Crippen LogP contribution in [0.5, 0.6) is 5.75 Å². The number of benzene rings is 2. The molecule has 0 bridgehead atoms. The Hall–Kier alpha value is -2.86. The first-order chi connectivity index (χ1) is 13.6. The van der Waals surface area contributed by atoms with E-state index in [2.05, 4.69) is 39.1 Å². The predicted molar refractivity (Wildman–Crippen MR) is 109 cm³/mol. The van der Waals surface area contributed by atoms with Gasteiger partial charge < -0.3 is 14.6 Å². The van der Waals surface area contributed by atoms with E-state index in [1.54, 1.807) is 12.0 Å². The zero-order valence-electron chi connectivity index (χ0n) is 16.4. The van der Waals surface area contributed by atoms with Crippen LogP contribution in [0.3, 0.4) is 0 Å². The van der Waals surface area contributed by atoms with Crippen molar-refractivity contribution in [1.29, 1.82) is 0 Å². The molecular formula is C22H26N4O2. The van der Waals surface area contributed by atoms with Crippen LogP contribution in [-0.4, -0.2) is 52.9 Å². The van der Waals surface area contributed by atoms with Crippen molar-refractivity contribution in [3.63, 3.8) is 0 Å². The number of ether oxygens (including phenoxy) is 1.